The minimum atomic E-state index is -1.13. The molecule has 0 unspecified atom stereocenters. The van der Waals surface area contributed by atoms with E-state index in [2.05, 4.69) is 15.3 Å². The van der Waals surface area contributed by atoms with E-state index in [1.807, 2.05) is 6.92 Å². The lowest BCUT2D eigenvalue weighted by Crippen LogP contribution is -2.09. The van der Waals surface area contributed by atoms with E-state index < -0.39 is 6.09 Å². The number of rotatable bonds is 2. The summed E-state index contributed by atoms with van der Waals surface area (Å²) >= 11 is 0. The van der Waals surface area contributed by atoms with Crippen LogP contribution in [0.5, 0.6) is 0 Å². The second kappa shape index (κ2) is 3.66. The van der Waals surface area contributed by atoms with Crippen molar-refractivity contribution in [2.75, 3.05) is 5.32 Å². The molecule has 5 heteroatoms. The number of hydrogen-bond acceptors (Lipinski definition) is 3. The molecule has 1 heterocycles. The van der Waals surface area contributed by atoms with Crippen LogP contribution in [0, 0.1) is 0 Å². The Balaban J connectivity index is 2.71. The molecule has 0 fully saturated rings. The summed E-state index contributed by atoms with van der Waals surface area (Å²) in [6.07, 6.45) is 2.60. The van der Waals surface area contributed by atoms with Crippen LogP contribution in [0.2, 0.25) is 0 Å². The Morgan fingerprint density at radius 3 is 2.75 bits per heavy atom. The normalized spacial score (nSPS) is 9.42. The van der Waals surface area contributed by atoms with Crippen LogP contribution in [-0.4, -0.2) is 21.2 Å². The molecule has 2 N–H and O–H groups in total. The van der Waals surface area contributed by atoms with Crippen molar-refractivity contribution in [2.24, 2.45) is 0 Å². The summed E-state index contributed by atoms with van der Waals surface area (Å²) < 4.78 is 0. The maximum atomic E-state index is 10.1. The van der Waals surface area contributed by atoms with Gasteiger partial charge in [-0.2, -0.15) is 0 Å². The highest BCUT2D eigenvalue weighted by Gasteiger charge is 1.98. The average Bonchev–Trinajstić information content (AvgIpc) is 2.05. The number of carbonyl (C=O) groups is 1. The minimum absolute atomic E-state index is 0.250. The quantitative estimate of drug-likeness (QED) is 0.692. The predicted molar refractivity (Wildman–Crippen MR) is 43.1 cm³/mol. The fraction of sp³-hybridized carbons (Fsp3) is 0.286. The van der Waals surface area contributed by atoms with Crippen molar-refractivity contribution in [1.29, 1.82) is 0 Å². The Morgan fingerprint density at radius 2 is 2.33 bits per heavy atom. The van der Waals surface area contributed by atoms with Gasteiger partial charge in [0.15, 0.2) is 5.82 Å². The fourth-order valence-electron chi connectivity index (χ4n) is 0.711. The van der Waals surface area contributed by atoms with Gasteiger partial charge in [-0.15, -0.1) is 0 Å². The molecule has 1 rings (SSSR count). The molecular weight excluding hydrogens is 158 g/mol. The van der Waals surface area contributed by atoms with Crippen LogP contribution in [0.15, 0.2) is 12.4 Å². The molecule has 0 aliphatic carbocycles. The molecular formula is C7H9N3O2. The molecule has 1 aromatic heterocycles. The minimum Gasteiger partial charge on any atom is -0.465 e. The molecule has 12 heavy (non-hydrogen) atoms. The van der Waals surface area contributed by atoms with Crippen molar-refractivity contribution in [3.8, 4) is 0 Å². The largest absolute Gasteiger partial charge is 0.465 e. The van der Waals surface area contributed by atoms with Crippen LogP contribution in [0.4, 0.5) is 10.6 Å². The van der Waals surface area contributed by atoms with E-state index in [1.165, 1.54) is 6.20 Å². The molecule has 5 nitrogen and oxygen atoms in total. The van der Waals surface area contributed by atoms with Crippen molar-refractivity contribution >= 4 is 11.9 Å². The van der Waals surface area contributed by atoms with Gasteiger partial charge in [-0.3, -0.25) is 10.3 Å². The highest BCUT2D eigenvalue weighted by Crippen LogP contribution is 2.00. The zero-order chi connectivity index (χ0) is 8.97. The lowest BCUT2D eigenvalue weighted by molar-refractivity contribution is 0.209. The van der Waals surface area contributed by atoms with E-state index in [9.17, 15) is 4.79 Å². The molecule has 0 bridgehead atoms. The summed E-state index contributed by atoms with van der Waals surface area (Å²) in [7, 11) is 0. The van der Waals surface area contributed by atoms with Crippen molar-refractivity contribution < 1.29 is 9.90 Å². The number of carboxylic acid groups (broad SMARTS) is 1. The third-order valence-electron chi connectivity index (χ3n) is 1.30. The number of amides is 1. The first-order valence-corrected chi connectivity index (χ1v) is 3.53. The lowest BCUT2D eigenvalue weighted by Gasteiger charge is -1.98. The topological polar surface area (TPSA) is 75.1 Å². The summed E-state index contributed by atoms with van der Waals surface area (Å²) in [4.78, 5) is 17.9. The summed E-state index contributed by atoms with van der Waals surface area (Å²) in [6.45, 7) is 1.95. The van der Waals surface area contributed by atoms with Gasteiger partial charge in [0, 0.05) is 0 Å². The highest BCUT2D eigenvalue weighted by atomic mass is 16.4. The van der Waals surface area contributed by atoms with Crippen LogP contribution in [0.3, 0.4) is 0 Å². The van der Waals surface area contributed by atoms with Gasteiger partial charge in [0.2, 0.25) is 0 Å². The first-order valence-electron chi connectivity index (χ1n) is 3.53. The van der Waals surface area contributed by atoms with Crippen LogP contribution < -0.4 is 5.32 Å². The monoisotopic (exact) mass is 167 g/mol. The molecule has 0 aliphatic rings. The van der Waals surface area contributed by atoms with Gasteiger partial charge in [0.25, 0.3) is 0 Å². The van der Waals surface area contributed by atoms with E-state index in [-0.39, 0.29) is 5.82 Å². The molecule has 0 atom stereocenters. The van der Waals surface area contributed by atoms with Gasteiger partial charge >= 0.3 is 6.09 Å². The number of aromatic nitrogens is 2. The van der Waals surface area contributed by atoms with Crippen LogP contribution in [0.1, 0.15) is 12.6 Å². The predicted octanol–water partition coefficient (Wildman–Crippen LogP) is 1.13. The van der Waals surface area contributed by atoms with Gasteiger partial charge < -0.3 is 5.11 Å². The Morgan fingerprint density at radius 1 is 1.58 bits per heavy atom. The van der Waals surface area contributed by atoms with Gasteiger partial charge in [-0.05, 0) is 6.42 Å². The molecule has 64 valence electrons. The average molecular weight is 167 g/mol. The van der Waals surface area contributed by atoms with Crippen molar-refractivity contribution in [3.05, 3.63) is 18.1 Å². The fourth-order valence-corrected chi connectivity index (χ4v) is 0.711. The van der Waals surface area contributed by atoms with Crippen LogP contribution in [0.25, 0.3) is 0 Å². The summed E-state index contributed by atoms with van der Waals surface area (Å²) in [5, 5.41) is 10.4. The van der Waals surface area contributed by atoms with Crippen molar-refractivity contribution in [1.82, 2.24) is 9.97 Å². The van der Waals surface area contributed by atoms with E-state index in [4.69, 9.17) is 5.11 Å². The first kappa shape index (κ1) is 8.45. The Labute approximate surface area is 69.5 Å². The second-order valence-corrected chi connectivity index (χ2v) is 2.18. The highest BCUT2D eigenvalue weighted by molar-refractivity contribution is 5.80. The maximum Gasteiger partial charge on any atom is 0.410 e. The van der Waals surface area contributed by atoms with Gasteiger partial charge in [-0.25, -0.2) is 9.78 Å². The maximum absolute atomic E-state index is 10.1. The third kappa shape index (κ3) is 2.19. The summed E-state index contributed by atoms with van der Waals surface area (Å²) in [5.41, 5.74) is 0.839. The summed E-state index contributed by atoms with van der Waals surface area (Å²) in [6, 6.07) is 0. The van der Waals surface area contributed by atoms with E-state index in [0.29, 0.717) is 0 Å². The number of nitrogens with one attached hydrogen (secondary N) is 1. The zero-order valence-corrected chi connectivity index (χ0v) is 6.61. The van der Waals surface area contributed by atoms with Gasteiger partial charge in [0.1, 0.15) is 0 Å². The SMILES string of the molecule is CCc1cnc(NC(=O)O)cn1. The van der Waals surface area contributed by atoms with E-state index in [0.717, 1.165) is 12.1 Å². The zero-order valence-electron chi connectivity index (χ0n) is 6.61. The van der Waals surface area contributed by atoms with Crippen LogP contribution >= 0.6 is 0 Å². The van der Waals surface area contributed by atoms with E-state index in [1.54, 1.807) is 6.20 Å². The number of anilines is 1. The molecule has 0 saturated heterocycles. The molecule has 1 amide bonds. The third-order valence-corrected chi connectivity index (χ3v) is 1.30. The van der Waals surface area contributed by atoms with Crippen molar-refractivity contribution in [2.45, 2.75) is 13.3 Å². The van der Waals surface area contributed by atoms with Crippen molar-refractivity contribution in [3.63, 3.8) is 0 Å². The summed E-state index contributed by atoms with van der Waals surface area (Å²) in [5.74, 6) is 0.250. The molecule has 0 spiro atoms. The number of hydrogen-bond donors (Lipinski definition) is 2. The molecule has 0 aromatic carbocycles. The number of nitrogens with zero attached hydrogens (tertiary/aromatic N) is 2. The van der Waals surface area contributed by atoms with Gasteiger partial charge in [0.05, 0.1) is 18.1 Å². The molecule has 0 radical (unpaired) electrons. The van der Waals surface area contributed by atoms with Gasteiger partial charge in [-0.1, -0.05) is 6.92 Å². The Hall–Kier alpha value is -1.65. The lowest BCUT2D eigenvalue weighted by atomic mass is 10.4. The Bertz CT molecular complexity index is 270. The number of aryl methyl sites for hydroxylation is 1. The smallest absolute Gasteiger partial charge is 0.410 e. The second-order valence-electron chi connectivity index (χ2n) is 2.18. The first-order chi connectivity index (χ1) is 5.72. The molecule has 0 aliphatic heterocycles. The standard InChI is InChI=1S/C7H9N3O2/c1-2-5-3-9-6(4-8-5)10-7(11)12/h3-4H,2H2,1H3,(H,9,10)(H,11,12). The molecule has 1 aromatic rings. The molecule has 0 saturated carbocycles. The van der Waals surface area contributed by atoms with Crippen LogP contribution in [-0.2, 0) is 6.42 Å². The Kier molecular flexibility index (Phi) is 2.57. The van der Waals surface area contributed by atoms with E-state index >= 15 is 0 Å².